The van der Waals surface area contributed by atoms with E-state index >= 15 is 0 Å². The van der Waals surface area contributed by atoms with Gasteiger partial charge in [-0.05, 0) is 50.2 Å². The monoisotopic (exact) mass is 415 g/mol. The van der Waals surface area contributed by atoms with Crippen LogP contribution in [0.5, 0.6) is 0 Å². The third kappa shape index (κ3) is 2.87. The molecule has 0 bridgehead atoms. The molecule has 2 aromatic heterocycles. The zero-order chi connectivity index (χ0) is 20.4. The van der Waals surface area contributed by atoms with Crippen LogP contribution in [0.25, 0.3) is 11.0 Å². The number of aromatic amines is 1. The summed E-state index contributed by atoms with van der Waals surface area (Å²) in [6.45, 7) is 3.44. The van der Waals surface area contributed by atoms with Crippen molar-refractivity contribution in [1.82, 2.24) is 15.0 Å². The summed E-state index contributed by atoms with van der Waals surface area (Å²) in [7, 11) is -4.20. The number of aryl methyl sites for hydroxylation is 1. The number of H-pyrrole nitrogens is 1. The van der Waals surface area contributed by atoms with Crippen molar-refractivity contribution in [3.8, 4) is 0 Å². The van der Waals surface area contributed by atoms with Crippen molar-refractivity contribution in [2.24, 2.45) is 5.41 Å². The highest BCUT2D eigenvalue weighted by Gasteiger charge is 2.45. The number of piperidine rings is 1. The fraction of sp³-hybridized carbons (Fsp3) is 0.400. The van der Waals surface area contributed by atoms with E-state index in [2.05, 4.69) is 19.9 Å². The molecule has 29 heavy (non-hydrogen) atoms. The molecule has 7 nitrogen and oxygen atoms in total. The number of sulfone groups is 1. The van der Waals surface area contributed by atoms with Crippen LogP contribution in [0, 0.1) is 18.2 Å². The second-order valence-corrected chi connectivity index (χ2v) is 9.96. The van der Waals surface area contributed by atoms with E-state index in [0.29, 0.717) is 22.6 Å². The van der Waals surface area contributed by atoms with Gasteiger partial charge in [-0.25, -0.2) is 22.8 Å². The average Bonchev–Trinajstić information content (AvgIpc) is 3.34. The Morgan fingerprint density at radius 2 is 1.83 bits per heavy atom. The minimum Gasteiger partial charge on any atom is -0.384 e. The van der Waals surface area contributed by atoms with Crippen molar-refractivity contribution in [3.05, 3.63) is 35.9 Å². The maximum atomic E-state index is 14.3. The number of hydrogen-bond donors (Lipinski definition) is 2. The molecular weight excluding hydrogens is 393 g/mol. The highest BCUT2D eigenvalue weighted by Crippen LogP contribution is 2.54. The summed E-state index contributed by atoms with van der Waals surface area (Å²) in [5.41, 5.74) is 7.28. The molecule has 5 rings (SSSR count). The molecule has 0 amide bonds. The molecule has 152 valence electrons. The molecule has 1 aliphatic carbocycles. The summed E-state index contributed by atoms with van der Waals surface area (Å²) in [6, 6.07) is 5.27. The van der Waals surface area contributed by atoms with Crippen molar-refractivity contribution in [2.75, 3.05) is 23.7 Å². The summed E-state index contributed by atoms with van der Waals surface area (Å²) >= 11 is 0. The van der Waals surface area contributed by atoms with Gasteiger partial charge in [0.25, 0.3) is 0 Å². The Bertz CT molecular complexity index is 1220. The van der Waals surface area contributed by atoms with Crippen molar-refractivity contribution in [1.29, 1.82) is 0 Å². The number of aromatic nitrogens is 3. The maximum absolute atomic E-state index is 14.3. The molecule has 1 spiro atoms. The van der Waals surface area contributed by atoms with Gasteiger partial charge >= 0.3 is 0 Å². The van der Waals surface area contributed by atoms with Gasteiger partial charge in [0.2, 0.25) is 9.84 Å². The Balaban J connectivity index is 1.66. The predicted octanol–water partition coefficient (Wildman–Crippen LogP) is 3.20. The van der Waals surface area contributed by atoms with Gasteiger partial charge in [0.15, 0.2) is 5.82 Å². The van der Waals surface area contributed by atoms with Crippen LogP contribution in [-0.4, -0.2) is 36.5 Å². The van der Waals surface area contributed by atoms with Crippen LogP contribution >= 0.6 is 0 Å². The third-order valence-corrected chi connectivity index (χ3v) is 8.06. The first kappa shape index (κ1) is 18.4. The minimum atomic E-state index is -4.20. The molecule has 1 aromatic carbocycles. The Hall–Kier alpha value is -2.68. The van der Waals surface area contributed by atoms with Gasteiger partial charge in [0, 0.05) is 13.1 Å². The molecule has 0 unspecified atom stereocenters. The molecule has 0 atom stereocenters. The normalized spacial score (nSPS) is 18.5. The Morgan fingerprint density at radius 1 is 1.14 bits per heavy atom. The first-order valence-corrected chi connectivity index (χ1v) is 11.2. The number of nitrogens with one attached hydrogen (secondary N) is 1. The molecule has 2 fully saturated rings. The predicted molar refractivity (Wildman–Crippen MR) is 108 cm³/mol. The number of rotatable bonds is 3. The van der Waals surface area contributed by atoms with E-state index < -0.39 is 20.5 Å². The van der Waals surface area contributed by atoms with E-state index in [0.717, 1.165) is 32.0 Å². The van der Waals surface area contributed by atoms with Crippen molar-refractivity contribution in [3.63, 3.8) is 0 Å². The second kappa shape index (κ2) is 6.16. The Labute approximate surface area is 168 Å². The Morgan fingerprint density at radius 3 is 2.48 bits per heavy atom. The van der Waals surface area contributed by atoms with Crippen LogP contribution in [0.1, 0.15) is 31.5 Å². The van der Waals surface area contributed by atoms with Crippen LogP contribution in [-0.2, 0) is 9.84 Å². The fourth-order valence-corrected chi connectivity index (χ4v) is 5.84. The van der Waals surface area contributed by atoms with Crippen molar-refractivity contribution < 1.29 is 12.8 Å². The molecule has 3 aromatic rings. The molecule has 3 heterocycles. The highest BCUT2D eigenvalue weighted by atomic mass is 32.2. The first-order valence-electron chi connectivity index (χ1n) is 9.71. The van der Waals surface area contributed by atoms with E-state index in [1.54, 1.807) is 6.92 Å². The number of halogens is 1. The first-order chi connectivity index (χ1) is 13.8. The summed E-state index contributed by atoms with van der Waals surface area (Å²) < 4.78 is 40.7. The lowest BCUT2D eigenvalue weighted by Gasteiger charge is -2.33. The van der Waals surface area contributed by atoms with Gasteiger partial charge in [0.05, 0.1) is 0 Å². The van der Waals surface area contributed by atoms with Gasteiger partial charge < -0.3 is 15.6 Å². The fourth-order valence-electron chi connectivity index (χ4n) is 4.30. The van der Waals surface area contributed by atoms with Crippen molar-refractivity contribution >= 4 is 32.5 Å². The van der Waals surface area contributed by atoms with Gasteiger partial charge in [-0.3, -0.25) is 0 Å². The molecule has 0 radical (unpaired) electrons. The maximum Gasteiger partial charge on any atom is 0.215 e. The largest absolute Gasteiger partial charge is 0.384 e. The molecule has 1 aliphatic heterocycles. The number of nitrogen functional groups attached to an aromatic ring is 1. The SMILES string of the molecule is Cc1nc(N2CCC3(CC2)CC3)c2[nH]c(N)c(S(=O)(=O)c3ccccc3F)c2n1. The number of benzene rings is 1. The number of nitrogens with zero attached hydrogens (tertiary/aromatic N) is 3. The quantitative estimate of drug-likeness (QED) is 0.681. The third-order valence-electron chi connectivity index (χ3n) is 6.20. The number of hydrogen-bond acceptors (Lipinski definition) is 6. The number of anilines is 2. The van der Waals surface area contributed by atoms with Crippen LogP contribution in [0.15, 0.2) is 34.1 Å². The lowest BCUT2D eigenvalue weighted by Crippen LogP contribution is -2.35. The van der Waals surface area contributed by atoms with Crippen LogP contribution < -0.4 is 10.6 Å². The summed E-state index contributed by atoms with van der Waals surface area (Å²) in [6.07, 6.45) is 4.79. The topological polar surface area (TPSA) is 105 Å². The lowest BCUT2D eigenvalue weighted by molar-refractivity contribution is 0.383. The average molecular weight is 415 g/mol. The Kier molecular flexibility index (Phi) is 3.90. The van der Waals surface area contributed by atoms with E-state index in [1.165, 1.54) is 31.0 Å². The summed E-state index contributed by atoms with van der Waals surface area (Å²) in [4.78, 5) is 13.5. The van der Waals surface area contributed by atoms with Crippen LogP contribution in [0.3, 0.4) is 0 Å². The standard InChI is InChI=1S/C20H22FN5O2S/c1-12-23-15-16(19(24-12)26-10-8-20(6-7-20)9-11-26)25-18(22)17(15)29(27,28)14-5-3-2-4-13(14)21/h2-5,25H,6-11,22H2,1H3. The number of nitrogens with two attached hydrogens (primary N) is 1. The zero-order valence-corrected chi connectivity index (χ0v) is 16.9. The highest BCUT2D eigenvalue weighted by molar-refractivity contribution is 7.92. The lowest BCUT2D eigenvalue weighted by atomic mass is 9.94. The van der Waals surface area contributed by atoms with E-state index in [4.69, 9.17) is 5.73 Å². The van der Waals surface area contributed by atoms with Gasteiger partial charge in [-0.2, -0.15) is 0 Å². The van der Waals surface area contributed by atoms with Gasteiger partial charge in [0.1, 0.15) is 38.3 Å². The molecule has 1 saturated heterocycles. The van der Waals surface area contributed by atoms with E-state index in [1.807, 2.05) is 0 Å². The van der Waals surface area contributed by atoms with Gasteiger partial charge in [-0.15, -0.1) is 0 Å². The minimum absolute atomic E-state index is 0.0555. The molecule has 3 N–H and O–H groups in total. The van der Waals surface area contributed by atoms with Crippen LogP contribution in [0.4, 0.5) is 16.0 Å². The van der Waals surface area contributed by atoms with E-state index in [9.17, 15) is 12.8 Å². The van der Waals surface area contributed by atoms with Gasteiger partial charge in [-0.1, -0.05) is 12.1 Å². The second-order valence-electron chi connectivity index (χ2n) is 8.11. The van der Waals surface area contributed by atoms with Crippen molar-refractivity contribution in [2.45, 2.75) is 42.4 Å². The molecule has 2 aliphatic rings. The molecular formula is C20H22FN5O2S. The van der Waals surface area contributed by atoms with E-state index in [-0.39, 0.29) is 16.2 Å². The molecule has 1 saturated carbocycles. The summed E-state index contributed by atoms with van der Waals surface area (Å²) in [5, 5.41) is 0. The summed E-state index contributed by atoms with van der Waals surface area (Å²) in [5.74, 6) is 0.228. The smallest absolute Gasteiger partial charge is 0.215 e. The number of fused-ring (bicyclic) bond motifs is 1. The zero-order valence-electron chi connectivity index (χ0n) is 16.1. The van der Waals surface area contributed by atoms with Crippen LogP contribution in [0.2, 0.25) is 0 Å². The molecule has 9 heteroatoms.